The Balaban J connectivity index is 1.88. The van der Waals surface area contributed by atoms with Gasteiger partial charge in [0.25, 0.3) is 0 Å². The van der Waals surface area contributed by atoms with E-state index in [9.17, 15) is 4.79 Å². The van der Waals surface area contributed by atoms with Crippen LogP contribution in [0.1, 0.15) is 16.7 Å². The molecule has 0 radical (unpaired) electrons. The van der Waals surface area contributed by atoms with E-state index in [0.717, 1.165) is 11.1 Å². The lowest BCUT2D eigenvalue weighted by Crippen LogP contribution is -2.20. The highest BCUT2D eigenvalue weighted by molar-refractivity contribution is 6.30. The standard InChI is InChI=1S/C17H13ClN2O/c18-16-3-1-2-13(10-16)8-9-17(21)20-12-15-6-4-14(11-19)5-7-15/h1-10H,12H2,(H,20,21)/b9-8+. The fourth-order valence-corrected chi connectivity index (χ4v) is 1.93. The lowest BCUT2D eigenvalue weighted by Gasteiger charge is -2.02. The van der Waals surface area contributed by atoms with Gasteiger partial charge in [-0.25, -0.2) is 0 Å². The third-order valence-corrected chi connectivity index (χ3v) is 3.06. The van der Waals surface area contributed by atoms with Crippen molar-refractivity contribution in [3.05, 3.63) is 76.3 Å². The molecule has 21 heavy (non-hydrogen) atoms. The molecule has 0 fully saturated rings. The Labute approximate surface area is 128 Å². The number of carbonyl (C=O) groups excluding carboxylic acids is 1. The van der Waals surface area contributed by atoms with Crippen molar-refractivity contribution in [2.24, 2.45) is 0 Å². The Morgan fingerprint density at radius 1 is 1.24 bits per heavy atom. The highest BCUT2D eigenvalue weighted by atomic mass is 35.5. The first kappa shape index (κ1) is 14.8. The molecule has 0 atom stereocenters. The second-order valence-corrected chi connectivity index (χ2v) is 4.85. The molecule has 2 aromatic carbocycles. The van der Waals surface area contributed by atoms with Crippen LogP contribution in [0, 0.1) is 11.3 Å². The summed E-state index contributed by atoms with van der Waals surface area (Å²) in [6.45, 7) is 0.421. The zero-order chi connectivity index (χ0) is 15.1. The van der Waals surface area contributed by atoms with Gasteiger partial charge in [-0.2, -0.15) is 5.26 Å². The zero-order valence-electron chi connectivity index (χ0n) is 11.2. The summed E-state index contributed by atoms with van der Waals surface area (Å²) in [4.78, 5) is 11.7. The zero-order valence-corrected chi connectivity index (χ0v) is 12.0. The third-order valence-electron chi connectivity index (χ3n) is 2.83. The largest absolute Gasteiger partial charge is 0.348 e. The maximum atomic E-state index is 11.7. The maximum Gasteiger partial charge on any atom is 0.244 e. The van der Waals surface area contributed by atoms with Gasteiger partial charge in [0.2, 0.25) is 5.91 Å². The van der Waals surface area contributed by atoms with Crippen molar-refractivity contribution in [1.29, 1.82) is 5.26 Å². The topological polar surface area (TPSA) is 52.9 Å². The van der Waals surface area contributed by atoms with Crippen LogP contribution in [-0.2, 0) is 11.3 Å². The van der Waals surface area contributed by atoms with Crippen molar-refractivity contribution < 1.29 is 4.79 Å². The fraction of sp³-hybridized carbons (Fsp3) is 0.0588. The smallest absolute Gasteiger partial charge is 0.244 e. The van der Waals surface area contributed by atoms with Gasteiger partial charge in [0.1, 0.15) is 0 Å². The van der Waals surface area contributed by atoms with Gasteiger partial charge in [0, 0.05) is 17.6 Å². The van der Waals surface area contributed by atoms with Crippen molar-refractivity contribution >= 4 is 23.6 Å². The SMILES string of the molecule is N#Cc1ccc(CNC(=O)/C=C/c2cccc(Cl)c2)cc1. The molecule has 0 aliphatic rings. The molecule has 0 spiro atoms. The van der Waals surface area contributed by atoms with E-state index in [1.54, 1.807) is 30.3 Å². The predicted octanol–water partition coefficient (Wildman–Crippen LogP) is 3.54. The van der Waals surface area contributed by atoms with Gasteiger partial charge in [-0.1, -0.05) is 35.9 Å². The van der Waals surface area contributed by atoms with Crippen LogP contribution in [0.5, 0.6) is 0 Å². The lowest BCUT2D eigenvalue weighted by molar-refractivity contribution is -0.116. The summed E-state index contributed by atoms with van der Waals surface area (Å²) in [5.41, 5.74) is 2.42. The minimum atomic E-state index is -0.181. The molecule has 2 aromatic rings. The van der Waals surface area contributed by atoms with E-state index in [4.69, 9.17) is 16.9 Å². The summed E-state index contributed by atoms with van der Waals surface area (Å²) in [5.74, 6) is -0.181. The van der Waals surface area contributed by atoms with Crippen LogP contribution in [0.25, 0.3) is 6.08 Å². The van der Waals surface area contributed by atoms with Gasteiger partial charge in [-0.15, -0.1) is 0 Å². The van der Waals surface area contributed by atoms with Crippen molar-refractivity contribution in [1.82, 2.24) is 5.32 Å². The summed E-state index contributed by atoms with van der Waals surface area (Å²) < 4.78 is 0. The Hall–Kier alpha value is -2.57. The highest BCUT2D eigenvalue weighted by Gasteiger charge is 1.98. The monoisotopic (exact) mass is 296 g/mol. The lowest BCUT2D eigenvalue weighted by atomic mass is 10.1. The van der Waals surface area contributed by atoms with E-state index >= 15 is 0 Å². The van der Waals surface area contributed by atoms with Crippen molar-refractivity contribution in [3.63, 3.8) is 0 Å². The van der Waals surface area contributed by atoms with E-state index in [-0.39, 0.29) is 5.91 Å². The van der Waals surface area contributed by atoms with Gasteiger partial charge in [0.05, 0.1) is 11.6 Å². The average Bonchev–Trinajstić information content (AvgIpc) is 2.51. The Bertz CT molecular complexity index is 699. The second-order valence-electron chi connectivity index (χ2n) is 4.41. The summed E-state index contributed by atoms with van der Waals surface area (Å²) in [6.07, 6.45) is 3.18. The molecule has 0 aliphatic heterocycles. The number of nitrogens with one attached hydrogen (secondary N) is 1. The van der Waals surface area contributed by atoms with Crippen LogP contribution < -0.4 is 5.32 Å². The number of carbonyl (C=O) groups is 1. The van der Waals surface area contributed by atoms with Crippen LogP contribution in [-0.4, -0.2) is 5.91 Å². The number of hydrogen-bond acceptors (Lipinski definition) is 2. The van der Waals surface area contributed by atoms with E-state index in [1.165, 1.54) is 6.08 Å². The molecule has 1 N–H and O–H groups in total. The molecule has 0 heterocycles. The Morgan fingerprint density at radius 3 is 2.67 bits per heavy atom. The summed E-state index contributed by atoms with van der Waals surface area (Å²) in [5, 5.41) is 12.1. The molecule has 104 valence electrons. The first-order chi connectivity index (χ1) is 10.2. The van der Waals surface area contributed by atoms with Crippen LogP contribution in [0.2, 0.25) is 5.02 Å². The summed E-state index contributed by atoms with van der Waals surface area (Å²) >= 11 is 5.87. The molecule has 4 heteroatoms. The molecular weight excluding hydrogens is 284 g/mol. The van der Waals surface area contributed by atoms with E-state index in [1.807, 2.05) is 24.3 Å². The average molecular weight is 297 g/mol. The third kappa shape index (κ3) is 4.79. The van der Waals surface area contributed by atoms with Crippen LogP contribution in [0.3, 0.4) is 0 Å². The summed E-state index contributed by atoms with van der Waals surface area (Å²) in [7, 11) is 0. The molecule has 0 unspecified atom stereocenters. The van der Waals surface area contributed by atoms with Crippen molar-refractivity contribution in [3.8, 4) is 6.07 Å². The van der Waals surface area contributed by atoms with Crippen molar-refractivity contribution in [2.45, 2.75) is 6.54 Å². The number of rotatable bonds is 4. The van der Waals surface area contributed by atoms with Crippen molar-refractivity contribution in [2.75, 3.05) is 0 Å². The number of benzene rings is 2. The maximum absolute atomic E-state index is 11.7. The molecule has 0 bridgehead atoms. The number of amides is 1. The number of halogens is 1. The van der Waals surface area contributed by atoms with Gasteiger partial charge < -0.3 is 5.32 Å². The van der Waals surface area contributed by atoms with Gasteiger partial charge in [-0.05, 0) is 41.5 Å². The predicted molar refractivity (Wildman–Crippen MR) is 83.5 cm³/mol. The second kappa shape index (κ2) is 7.28. The molecule has 1 amide bonds. The first-order valence-corrected chi connectivity index (χ1v) is 6.76. The highest BCUT2D eigenvalue weighted by Crippen LogP contribution is 2.11. The summed E-state index contributed by atoms with van der Waals surface area (Å²) in [6, 6.07) is 16.4. The molecular formula is C17H13ClN2O. The van der Waals surface area contributed by atoms with Gasteiger partial charge >= 0.3 is 0 Å². The fourth-order valence-electron chi connectivity index (χ4n) is 1.73. The van der Waals surface area contributed by atoms with E-state index in [0.29, 0.717) is 17.1 Å². The van der Waals surface area contributed by atoms with Crippen LogP contribution in [0.15, 0.2) is 54.6 Å². The Kier molecular flexibility index (Phi) is 5.14. The quantitative estimate of drug-likeness (QED) is 0.877. The molecule has 0 aliphatic carbocycles. The molecule has 0 saturated heterocycles. The minimum absolute atomic E-state index is 0.181. The molecule has 0 saturated carbocycles. The van der Waals surface area contributed by atoms with E-state index < -0.39 is 0 Å². The number of nitriles is 1. The minimum Gasteiger partial charge on any atom is -0.348 e. The first-order valence-electron chi connectivity index (χ1n) is 6.38. The number of nitrogens with zero attached hydrogens (tertiary/aromatic N) is 1. The van der Waals surface area contributed by atoms with Gasteiger partial charge in [-0.3, -0.25) is 4.79 Å². The van der Waals surface area contributed by atoms with E-state index in [2.05, 4.69) is 11.4 Å². The normalized spacial score (nSPS) is 10.3. The molecule has 0 aromatic heterocycles. The molecule has 2 rings (SSSR count). The molecule has 3 nitrogen and oxygen atoms in total. The van der Waals surface area contributed by atoms with Crippen LogP contribution >= 0.6 is 11.6 Å². The Morgan fingerprint density at radius 2 is 2.00 bits per heavy atom. The van der Waals surface area contributed by atoms with Gasteiger partial charge in [0.15, 0.2) is 0 Å². The van der Waals surface area contributed by atoms with Crippen LogP contribution in [0.4, 0.5) is 0 Å². The number of hydrogen-bond donors (Lipinski definition) is 1.